The summed E-state index contributed by atoms with van der Waals surface area (Å²) in [5, 5.41) is 2.85. The average Bonchev–Trinajstić information content (AvgIpc) is 3.37. The first-order chi connectivity index (χ1) is 20.6. The molecule has 6 heteroatoms. The van der Waals surface area contributed by atoms with Crippen molar-refractivity contribution >= 4 is 44.8 Å². The van der Waals surface area contributed by atoms with Gasteiger partial charge in [-0.25, -0.2) is 4.39 Å². The van der Waals surface area contributed by atoms with Crippen LogP contribution in [0.15, 0.2) is 85.2 Å². The number of halogens is 1. The van der Waals surface area contributed by atoms with E-state index >= 15 is 0 Å². The minimum Gasteiger partial charge on any atom is -0.305 e. The Morgan fingerprint density at radius 3 is 2.46 bits per heavy atom. The topological polar surface area (TPSA) is 25.8 Å². The van der Waals surface area contributed by atoms with Crippen molar-refractivity contribution < 1.29 is 30.0 Å². The number of hydrogen-bond donors (Lipinski definition) is 0. The van der Waals surface area contributed by atoms with E-state index in [2.05, 4.69) is 47.8 Å². The first-order valence-corrected chi connectivity index (χ1v) is 17.4. The second-order valence-electron chi connectivity index (χ2n) is 10.9. The molecule has 3 aromatic carbocycles. The van der Waals surface area contributed by atoms with Crippen LogP contribution in [0.4, 0.5) is 4.39 Å². The number of aryl methyl sites for hydroxylation is 1. The number of rotatable bonds is 4. The summed E-state index contributed by atoms with van der Waals surface area (Å²) < 4.78 is 46.4. The van der Waals surface area contributed by atoms with Crippen molar-refractivity contribution in [1.82, 2.24) is 9.97 Å². The van der Waals surface area contributed by atoms with Crippen LogP contribution in [0.2, 0.25) is 19.6 Å². The molecular formula is C35H33FIrN2SSi-2. The summed E-state index contributed by atoms with van der Waals surface area (Å²) in [6.45, 7) is 8.46. The van der Waals surface area contributed by atoms with Crippen LogP contribution in [-0.4, -0.2) is 18.0 Å². The number of nitrogens with zero attached hydrogens (tertiary/aromatic N) is 2. The fourth-order valence-electron chi connectivity index (χ4n) is 4.40. The second-order valence-corrected chi connectivity index (χ2v) is 17.0. The van der Waals surface area contributed by atoms with Gasteiger partial charge >= 0.3 is 0 Å². The van der Waals surface area contributed by atoms with Crippen LogP contribution in [0.3, 0.4) is 0 Å². The molecule has 6 aromatic rings. The van der Waals surface area contributed by atoms with Crippen molar-refractivity contribution in [3.63, 3.8) is 0 Å². The van der Waals surface area contributed by atoms with Gasteiger partial charge in [0.25, 0.3) is 0 Å². The average molecular weight is 757 g/mol. The molecule has 6 rings (SSSR count). The molecule has 0 amide bonds. The van der Waals surface area contributed by atoms with Crippen molar-refractivity contribution in [2.75, 3.05) is 0 Å². The van der Waals surface area contributed by atoms with Crippen LogP contribution < -0.4 is 5.19 Å². The molecule has 0 saturated heterocycles. The predicted molar refractivity (Wildman–Crippen MR) is 172 cm³/mol. The fourth-order valence-corrected chi connectivity index (χ4v) is 6.65. The number of thiophene rings is 1. The van der Waals surface area contributed by atoms with Crippen molar-refractivity contribution in [3.05, 3.63) is 114 Å². The van der Waals surface area contributed by atoms with Gasteiger partial charge < -0.3 is 9.97 Å². The van der Waals surface area contributed by atoms with Gasteiger partial charge in [-0.05, 0) is 45.4 Å². The van der Waals surface area contributed by atoms with Crippen molar-refractivity contribution in [1.29, 1.82) is 0 Å². The molecule has 0 N–H and O–H groups in total. The Morgan fingerprint density at radius 1 is 0.976 bits per heavy atom. The second kappa shape index (κ2) is 12.9. The summed E-state index contributed by atoms with van der Waals surface area (Å²) in [5.41, 5.74) is 4.47. The Morgan fingerprint density at radius 2 is 1.80 bits per heavy atom. The summed E-state index contributed by atoms with van der Waals surface area (Å²) >= 11 is 1.55. The molecule has 3 heterocycles. The smallest absolute Gasteiger partial charge is 0.130 e. The number of aromatic nitrogens is 2. The van der Waals surface area contributed by atoms with Gasteiger partial charge in [0.05, 0.1) is 8.07 Å². The monoisotopic (exact) mass is 757 g/mol. The van der Waals surface area contributed by atoms with E-state index in [1.54, 1.807) is 35.7 Å². The first-order valence-electron chi connectivity index (χ1n) is 15.1. The molecule has 3 aromatic heterocycles. The standard InChI is InChI=1S/C20H15FNS.C15H18NSi.Ir/c1-12(2)13-9-10-22-17(11-13)14-5-3-6-15-19-16(21)7-4-8-18(19)23-20(14)15;1-12-5-7-13(8-6-12)15-10-9-14(11-16-15)17(2,3)4;/h3-4,6-12H,1-2H3;5-7,9-11H,1-4H3;/q2*-1;/i12D;1D3;. The van der Waals surface area contributed by atoms with Crippen molar-refractivity contribution in [2.24, 2.45) is 0 Å². The molecule has 41 heavy (non-hydrogen) atoms. The van der Waals surface area contributed by atoms with Crippen LogP contribution in [0.5, 0.6) is 0 Å². The van der Waals surface area contributed by atoms with E-state index in [4.69, 9.17) is 5.48 Å². The molecular weight excluding hydrogens is 720 g/mol. The molecule has 0 unspecified atom stereocenters. The number of pyridine rings is 2. The molecule has 0 saturated carbocycles. The Balaban J connectivity index is 0.000000204. The predicted octanol–water partition coefficient (Wildman–Crippen LogP) is 9.58. The zero-order chi connectivity index (χ0) is 31.9. The van der Waals surface area contributed by atoms with Crippen molar-refractivity contribution in [2.45, 2.75) is 46.2 Å². The third-order valence-corrected chi connectivity index (χ3v) is 9.93. The third kappa shape index (κ3) is 6.90. The first kappa shape index (κ1) is 25.7. The quantitative estimate of drug-likeness (QED) is 0.132. The molecule has 0 atom stereocenters. The van der Waals surface area contributed by atoms with E-state index in [9.17, 15) is 4.39 Å². The van der Waals surface area contributed by atoms with Gasteiger partial charge in [-0.15, -0.1) is 59.2 Å². The maximum atomic E-state index is 14.3. The van der Waals surface area contributed by atoms with Crippen LogP contribution in [0.25, 0.3) is 42.7 Å². The van der Waals surface area contributed by atoms with Gasteiger partial charge in [0.15, 0.2) is 0 Å². The van der Waals surface area contributed by atoms with E-state index in [1.165, 1.54) is 17.3 Å². The van der Waals surface area contributed by atoms with Gasteiger partial charge in [-0.2, -0.15) is 11.3 Å². The van der Waals surface area contributed by atoms with Gasteiger partial charge in [-0.1, -0.05) is 75.6 Å². The molecule has 0 aliphatic carbocycles. The van der Waals surface area contributed by atoms with E-state index in [1.807, 2.05) is 56.4 Å². The Labute approximate surface area is 266 Å². The normalized spacial score (nSPS) is 13.3. The minimum absolute atomic E-state index is 0. The molecule has 211 valence electrons. The van der Waals surface area contributed by atoms with E-state index in [0.29, 0.717) is 10.9 Å². The van der Waals surface area contributed by atoms with Crippen LogP contribution in [0, 0.1) is 24.8 Å². The number of fused-ring (bicyclic) bond motifs is 3. The summed E-state index contributed by atoms with van der Waals surface area (Å²) in [7, 11) is -1.34. The number of hydrogen-bond acceptors (Lipinski definition) is 3. The Hall–Kier alpha value is -3.02. The molecule has 2 nitrogen and oxygen atoms in total. The summed E-state index contributed by atoms with van der Waals surface area (Å²) in [6.07, 6.45) is 3.65. The van der Waals surface area contributed by atoms with Crippen LogP contribution in [0.1, 0.15) is 36.4 Å². The van der Waals surface area contributed by atoms with E-state index in [0.717, 1.165) is 42.9 Å². The summed E-state index contributed by atoms with van der Waals surface area (Å²) in [5.74, 6) is -0.900. The fraction of sp³-hybridized carbons (Fsp3) is 0.200. The maximum absolute atomic E-state index is 14.3. The molecule has 0 spiro atoms. The zero-order valence-electron chi connectivity index (χ0n) is 27.6. The van der Waals surface area contributed by atoms with Gasteiger partial charge in [0, 0.05) is 48.1 Å². The maximum Gasteiger partial charge on any atom is 0.130 e. The third-order valence-electron chi connectivity index (χ3n) is 6.72. The molecule has 0 aliphatic heterocycles. The van der Waals surface area contributed by atoms with Gasteiger partial charge in [-0.3, -0.25) is 0 Å². The molecule has 0 aliphatic rings. The van der Waals surface area contributed by atoms with Crippen LogP contribution in [-0.2, 0) is 20.1 Å². The van der Waals surface area contributed by atoms with Gasteiger partial charge in [0.2, 0.25) is 0 Å². The molecule has 1 radical (unpaired) electrons. The Kier molecular flexibility index (Phi) is 8.06. The summed E-state index contributed by atoms with van der Waals surface area (Å²) in [6, 6.07) is 27.9. The molecule has 0 fully saturated rings. The van der Waals surface area contributed by atoms with Crippen LogP contribution >= 0.6 is 11.3 Å². The summed E-state index contributed by atoms with van der Waals surface area (Å²) in [4.78, 5) is 8.93. The van der Waals surface area contributed by atoms with Gasteiger partial charge in [0.1, 0.15) is 5.82 Å². The Bertz CT molecular complexity index is 1870. The largest absolute Gasteiger partial charge is 0.305 e. The van der Waals surface area contributed by atoms with Crippen molar-refractivity contribution in [3.8, 4) is 22.5 Å². The zero-order valence-corrected chi connectivity index (χ0v) is 27.8. The number of benzene rings is 3. The SMILES string of the molecule is [2H]C(C)(C)c1ccnc(-c2[c-]ccc3c2sc2cccc(F)c23)c1.[2H]C([2H])([2H])c1c[c-]c(-c2ccc([Si](C)(C)C)cn2)cc1.[Ir]. The molecule has 0 bridgehead atoms. The van der Waals surface area contributed by atoms with E-state index < -0.39 is 20.8 Å². The van der Waals surface area contributed by atoms with E-state index in [-0.39, 0.29) is 25.9 Å². The minimum atomic E-state index is -2.08.